The molecule has 0 spiro atoms. The summed E-state index contributed by atoms with van der Waals surface area (Å²) in [5.74, 6) is -1.22. The highest BCUT2D eigenvalue weighted by Gasteiger charge is 2.43. The number of Topliss-reactive ketones (excluding diaryl/α,β-unsaturated/α-hetero) is 1. The van der Waals surface area contributed by atoms with E-state index in [0.717, 1.165) is 5.56 Å². The fraction of sp³-hybridized carbons (Fsp3) is 0.400. The number of nitrogens with one attached hydrogen (secondary N) is 1. The van der Waals surface area contributed by atoms with Crippen LogP contribution in [0.2, 0.25) is 5.02 Å². The molecule has 2 amide bonds. The van der Waals surface area contributed by atoms with Crippen LogP contribution in [0.25, 0.3) is 0 Å². The average Bonchev–Trinajstić information content (AvgIpc) is 3.76. The van der Waals surface area contributed by atoms with Crippen LogP contribution in [0.15, 0.2) is 64.2 Å². The molecule has 0 radical (unpaired) electrons. The average molecular weight is 740 g/mol. The van der Waals surface area contributed by atoms with E-state index < -0.39 is 29.7 Å². The smallest absolute Gasteiger partial charge is 0.338 e. The van der Waals surface area contributed by atoms with Gasteiger partial charge in [-0.25, -0.2) is 23.4 Å². The Morgan fingerprint density at radius 1 is 1.08 bits per heavy atom. The number of esters is 1. The van der Waals surface area contributed by atoms with E-state index in [2.05, 4.69) is 20.1 Å². The fourth-order valence-corrected chi connectivity index (χ4v) is 7.88. The molecule has 3 fully saturated rings. The van der Waals surface area contributed by atoms with Gasteiger partial charge >= 0.3 is 12.0 Å². The third-order valence-corrected chi connectivity index (χ3v) is 10.7. The number of ketones is 1. The molecule has 0 aliphatic carbocycles. The Labute approximate surface area is 302 Å². The number of aliphatic imine (C=N–C) groups is 1. The largest absolute Gasteiger partial charge is 0.466 e. The quantitative estimate of drug-likeness (QED) is 0.325. The number of hydrogen-bond donors (Lipinski definition) is 1. The molecular formula is C35H36ClF2N7O5S. The maximum Gasteiger partial charge on any atom is 0.338 e. The van der Waals surface area contributed by atoms with Crippen LogP contribution < -0.4 is 10.2 Å². The van der Waals surface area contributed by atoms with E-state index in [1.165, 1.54) is 54.5 Å². The Morgan fingerprint density at radius 3 is 2.63 bits per heavy atom. The van der Waals surface area contributed by atoms with Gasteiger partial charge in [0.05, 0.1) is 31.0 Å². The number of amidine groups is 1. The number of urea groups is 1. The van der Waals surface area contributed by atoms with Gasteiger partial charge in [-0.1, -0.05) is 23.7 Å². The number of nitrogens with zero attached hydrogens (tertiary/aromatic N) is 6. The number of carbonyl (C=O) groups is 3. The molecule has 4 aliphatic heterocycles. The number of ether oxygens (including phenoxy) is 2. The number of methoxy groups -OCH3 is 1. The van der Waals surface area contributed by atoms with Gasteiger partial charge in [0.25, 0.3) is 0 Å². The number of rotatable bonds is 9. The summed E-state index contributed by atoms with van der Waals surface area (Å²) in [4.78, 5) is 55.3. The van der Waals surface area contributed by atoms with Crippen molar-refractivity contribution in [1.29, 1.82) is 0 Å². The third-order valence-electron chi connectivity index (χ3n) is 9.55. The first-order chi connectivity index (χ1) is 24.6. The van der Waals surface area contributed by atoms with Gasteiger partial charge in [-0.15, -0.1) is 11.3 Å². The number of amides is 2. The zero-order valence-electron chi connectivity index (χ0n) is 28.0. The maximum atomic E-state index is 15.6. The van der Waals surface area contributed by atoms with Crippen LogP contribution in [0, 0.1) is 11.6 Å². The molecule has 0 bridgehead atoms. The van der Waals surface area contributed by atoms with Crippen LogP contribution in [-0.4, -0.2) is 115 Å². The van der Waals surface area contributed by atoms with Gasteiger partial charge in [0, 0.05) is 80.2 Å². The first kappa shape index (κ1) is 35.1. The number of halogens is 3. The molecule has 1 N–H and O–H groups in total. The number of piperazine rings is 1. The number of hydrogen-bond acceptors (Lipinski definition) is 11. The summed E-state index contributed by atoms with van der Waals surface area (Å²) in [5, 5.41) is 5.83. The van der Waals surface area contributed by atoms with E-state index in [0.29, 0.717) is 68.0 Å². The van der Waals surface area contributed by atoms with Gasteiger partial charge in [0.15, 0.2) is 16.6 Å². The summed E-state index contributed by atoms with van der Waals surface area (Å²) in [6.07, 6.45) is 1.17. The second-order valence-corrected chi connectivity index (χ2v) is 14.2. The van der Waals surface area contributed by atoms with E-state index in [9.17, 15) is 18.8 Å². The summed E-state index contributed by atoms with van der Waals surface area (Å²) in [7, 11) is 1.28. The van der Waals surface area contributed by atoms with Crippen LogP contribution in [0.5, 0.6) is 0 Å². The topological polar surface area (TPSA) is 120 Å². The van der Waals surface area contributed by atoms with E-state index in [1.807, 2.05) is 11.4 Å². The highest BCUT2D eigenvalue weighted by molar-refractivity contribution is 7.11. The van der Waals surface area contributed by atoms with E-state index >= 15 is 4.39 Å². The molecule has 7 rings (SSSR count). The third kappa shape index (κ3) is 7.26. The molecule has 5 heterocycles. The number of thiazole rings is 1. The van der Waals surface area contributed by atoms with E-state index in [1.54, 1.807) is 17.2 Å². The van der Waals surface area contributed by atoms with Crippen LogP contribution in [0.4, 0.5) is 19.3 Å². The summed E-state index contributed by atoms with van der Waals surface area (Å²) >= 11 is 7.86. The van der Waals surface area contributed by atoms with Gasteiger partial charge < -0.3 is 19.7 Å². The molecule has 3 atom stereocenters. The van der Waals surface area contributed by atoms with Crippen molar-refractivity contribution in [1.82, 2.24) is 25.0 Å². The van der Waals surface area contributed by atoms with Crippen LogP contribution in [-0.2, 0) is 25.6 Å². The van der Waals surface area contributed by atoms with Crippen molar-refractivity contribution in [2.45, 2.75) is 31.7 Å². The molecule has 12 nitrogen and oxygen atoms in total. The number of aromatic nitrogens is 1. The molecule has 16 heteroatoms. The maximum absolute atomic E-state index is 15.6. The van der Waals surface area contributed by atoms with E-state index in [-0.39, 0.29) is 47.2 Å². The fourth-order valence-electron chi connectivity index (χ4n) is 7.03. The lowest BCUT2D eigenvalue weighted by Crippen LogP contribution is -2.53. The van der Waals surface area contributed by atoms with Crippen molar-refractivity contribution < 1.29 is 32.6 Å². The van der Waals surface area contributed by atoms with Gasteiger partial charge in [-0.3, -0.25) is 24.5 Å². The second-order valence-electron chi connectivity index (χ2n) is 12.9. The molecule has 51 heavy (non-hydrogen) atoms. The van der Waals surface area contributed by atoms with Crippen molar-refractivity contribution in [2.75, 3.05) is 64.4 Å². The normalized spacial score (nSPS) is 22.9. The number of anilines is 1. The summed E-state index contributed by atoms with van der Waals surface area (Å²) < 4.78 is 40.4. The first-order valence-corrected chi connectivity index (χ1v) is 17.8. The van der Waals surface area contributed by atoms with Crippen LogP contribution >= 0.6 is 22.9 Å². The lowest BCUT2D eigenvalue weighted by atomic mass is 9.95. The minimum Gasteiger partial charge on any atom is -0.466 e. The first-order valence-electron chi connectivity index (χ1n) is 16.5. The van der Waals surface area contributed by atoms with E-state index in [4.69, 9.17) is 26.1 Å². The minimum atomic E-state index is -0.893. The van der Waals surface area contributed by atoms with Crippen molar-refractivity contribution >= 4 is 52.2 Å². The van der Waals surface area contributed by atoms with Crippen molar-refractivity contribution in [3.8, 4) is 0 Å². The molecule has 268 valence electrons. The van der Waals surface area contributed by atoms with Gasteiger partial charge in [-0.05, 0) is 36.8 Å². The molecular weight excluding hydrogens is 704 g/mol. The summed E-state index contributed by atoms with van der Waals surface area (Å²) in [5.41, 5.74) is 2.15. The molecule has 2 aromatic carbocycles. The molecule has 1 aromatic heterocycles. The Morgan fingerprint density at radius 2 is 1.90 bits per heavy atom. The number of carbonyl (C=O) groups excluding carboxylic acids is 3. The highest BCUT2D eigenvalue weighted by Crippen LogP contribution is 2.37. The van der Waals surface area contributed by atoms with Crippen LogP contribution in [0.1, 0.15) is 29.1 Å². The molecule has 4 aliphatic rings. The Balaban J connectivity index is 1.09. The van der Waals surface area contributed by atoms with Gasteiger partial charge in [0.1, 0.15) is 23.8 Å². The number of benzene rings is 2. The molecule has 3 aromatic rings. The lowest BCUT2D eigenvalue weighted by molar-refractivity contribution is -0.136. The van der Waals surface area contributed by atoms with Gasteiger partial charge in [-0.2, -0.15) is 0 Å². The number of fused-ring (bicyclic) bond motifs is 1. The van der Waals surface area contributed by atoms with Crippen molar-refractivity contribution in [2.24, 2.45) is 4.99 Å². The zero-order chi connectivity index (χ0) is 35.8. The highest BCUT2D eigenvalue weighted by atomic mass is 35.5. The van der Waals surface area contributed by atoms with Crippen molar-refractivity contribution in [3.63, 3.8) is 0 Å². The Bertz CT molecular complexity index is 1910. The second kappa shape index (κ2) is 14.8. The lowest BCUT2D eigenvalue weighted by Gasteiger charge is -2.38. The SMILES string of the molecule is COC(=O)C1=C(CN2CCN3C(=O)N(c4ccc(CN5CCOC(C(C)=O)C5)cc4F)C[C@@H]3C2)NC(c2nccs2)=N[C@H]1c1ccc(F)cc1Cl. The minimum absolute atomic E-state index is 0.0344. The van der Waals surface area contributed by atoms with Gasteiger partial charge in [0.2, 0.25) is 0 Å². The molecule has 1 unspecified atom stereocenters. The Hall–Kier alpha value is -4.28. The summed E-state index contributed by atoms with van der Waals surface area (Å²) in [6.45, 7) is 5.39. The van der Waals surface area contributed by atoms with Crippen LogP contribution in [0.3, 0.4) is 0 Å². The molecule has 3 saturated heterocycles. The zero-order valence-corrected chi connectivity index (χ0v) is 29.6. The standard InChI is InChI=1S/C35H36ClF2N7O5S/c1-20(46)29-19-43(10-11-50-29)15-21-3-6-28(26(38)13-21)45-17-23-16-42(8-9-44(23)35(45)48)18-27-30(34(47)49-2)31(24-5-4-22(37)14-25(24)36)41-32(40-27)33-39-7-12-51-33/h3-7,12-14,23,29,31H,8-11,15-19H2,1-2H3,(H,40,41)/t23-,29?,31-/m0/s1. The number of morpholine rings is 1. The predicted octanol–water partition coefficient (Wildman–Crippen LogP) is 4.01. The van der Waals surface area contributed by atoms with Crippen molar-refractivity contribution in [3.05, 3.63) is 92.0 Å². The summed E-state index contributed by atoms with van der Waals surface area (Å²) in [6, 6.07) is 7.47. The Kier molecular flexibility index (Phi) is 10.2. The predicted molar refractivity (Wildman–Crippen MR) is 187 cm³/mol. The molecule has 0 saturated carbocycles. The monoisotopic (exact) mass is 739 g/mol.